The van der Waals surface area contributed by atoms with E-state index in [4.69, 9.17) is 5.26 Å². The summed E-state index contributed by atoms with van der Waals surface area (Å²) in [6.45, 7) is 1.56. The van der Waals surface area contributed by atoms with Crippen molar-refractivity contribution < 1.29 is 26.4 Å². The van der Waals surface area contributed by atoms with E-state index in [9.17, 15) is 26.4 Å². The quantitative estimate of drug-likeness (QED) is 0.434. The summed E-state index contributed by atoms with van der Waals surface area (Å²) in [5.41, 5.74) is -3.31. The molecule has 0 fully saturated rings. The van der Waals surface area contributed by atoms with Crippen LogP contribution in [-0.4, -0.2) is 31.1 Å². The Labute approximate surface area is 202 Å². The number of carbonyl (C=O) groups is 1. The lowest BCUT2D eigenvalue weighted by atomic mass is 10.1. The van der Waals surface area contributed by atoms with Crippen molar-refractivity contribution in [3.63, 3.8) is 0 Å². The molecule has 178 valence electrons. The molecule has 2 aromatic carbocycles. The number of nitrogens with one attached hydrogen (secondary N) is 1. The van der Waals surface area contributed by atoms with Crippen molar-refractivity contribution in [2.75, 3.05) is 11.2 Å². The fourth-order valence-electron chi connectivity index (χ4n) is 2.94. The molecule has 0 bridgehead atoms. The van der Waals surface area contributed by atoms with Crippen LogP contribution in [-0.2, 0) is 16.6 Å². The summed E-state index contributed by atoms with van der Waals surface area (Å²) in [5.74, 6) is -0.907. The van der Waals surface area contributed by atoms with Crippen molar-refractivity contribution in [1.82, 2.24) is 9.71 Å². The van der Waals surface area contributed by atoms with Gasteiger partial charge in [0.2, 0.25) is 10.0 Å². The molecule has 0 saturated carbocycles. The minimum atomic E-state index is -4.48. The molecule has 7 nitrogen and oxygen atoms in total. The number of nitriles is 1. The molecule has 0 unspecified atom stereocenters. The normalized spacial score (nSPS) is 11.6. The first kappa shape index (κ1) is 25.5. The SMILES string of the molecule is Cc1sc(N(Cc2ccccc2SC(F)(F)F)c2ccc(C#N)cc2)nc1C(=O)NS(C)(=O)=O. The number of carbonyl (C=O) groups excluding carboxylic acids is 1. The number of benzene rings is 2. The maximum atomic E-state index is 13.1. The Morgan fingerprint density at radius 3 is 2.44 bits per heavy atom. The van der Waals surface area contributed by atoms with Crippen molar-refractivity contribution in [3.05, 3.63) is 70.2 Å². The van der Waals surface area contributed by atoms with Gasteiger partial charge in [-0.2, -0.15) is 18.4 Å². The Bertz CT molecular complexity index is 1350. The van der Waals surface area contributed by atoms with E-state index in [1.54, 1.807) is 48.2 Å². The second-order valence-electron chi connectivity index (χ2n) is 7.00. The molecule has 34 heavy (non-hydrogen) atoms. The zero-order chi connectivity index (χ0) is 25.1. The van der Waals surface area contributed by atoms with Gasteiger partial charge in [0, 0.05) is 15.5 Å². The van der Waals surface area contributed by atoms with Crippen LogP contribution in [0.1, 0.15) is 26.5 Å². The van der Waals surface area contributed by atoms with Crippen LogP contribution in [0.3, 0.4) is 0 Å². The van der Waals surface area contributed by atoms with Gasteiger partial charge < -0.3 is 4.90 Å². The second kappa shape index (κ2) is 10.0. The molecule has 13 heteroatoms. The lowest BCUT2D eigenvalue weighted by Gasteiger charge is -2.23. The molecule has 0 aliphatic carbocycles. The molecule has 0 radical (unpaired) electrons. The number of anilines is 2. The Balaban J connectivity index is 2.06. The Hall–Kier alpha value is -3.08. The molecule has 1 aromatic heterocycles. The highest BCUT2D eigenvalue weighted by Gasteiger charge is 2.31. The number of hydrogen-bond acceptors (Lipinski definition) is 8. The Kier molecular flexibility index (Phi) is 7.54. The monoisotopic (exact) mass is 526 g/mol. The summed E-state index contributed by atoms with van der Waals surface area (Å²) in [5, 5.41) is 9.35. The van der Waals surface area contributed by atoms with E-state index in [0.717, 1.165) is 17.6 Å². The number of hydrogen-bond donors (Lipinski definition) is 1. The molecule has 1 heterocycles. The Morgan fingerprint density at radius 1 is 1.21 bits per heavy atom. The van der Waals surface area contributed by atoms with Gasteiger partial charge in [0.05, 0.1) is 24.4 Å². The van der Waals surface area contributed by atoms with Crippen LogP contribution in [0.5, 0.6) is 0 Å². The predicted molar refractivity (Wildman–Crippen MR) is 125 cm³/mol. The van der Waals surface area contributed by atoms with Gasteiger partial charge in [-0.1, -0.05) is 18.2 Å². The minimum absolute atomic E-state index is 0.0111. The van der Waals surface area contributed by atoms with Gasteiger partial charge in [-0.25, -0.2) is 18.1 Å². The number of thioether (sulfide) groups is 1. The zero-order valence-corrected chi connectivity index (χ0v) is 20.2. The number of alkyl halides is 3. The van der Waals surface area contributed by atoms with Gasteiger partial charge in [-0.15, -0.1) is 11.3 Å². The molecule has 1 amide bonds. The number of halogens is 3. The van der Waals surface area contributed by atoms with E-state index >= 15 is 0 Å². The van der Waals surface area contributed by atoms with E-state index in [0.29, 0.717) is 21.7 Å². The third-order valence-corrected chi connectivity index (χ3v) is 6.74. The zero-order valence-electron chi connectivity index (χ0n) is 17.8. The average molecular weight is 527 g/mol. The molecule has 3 rings (SSSR count). The second-order valence-corrected chi connectivity index (χ2v) is 11.0. The van der Waals surface area contributed by atoms with Crippen LogP contribution >= 0.6 is 23.1 Å². The number of aryl methyl sites for hydroxylation is 1. The fourth-order valence-corrected chi connectivity index (χ4v) is 4.96. The molecular weight excluding hydrogens is 509 g/mol. The third kappa shape index (κ3) is 6.72. The Morgan fingerprint density at radius 2 is 1.85 bits per heavy atom. The van der Waals surface area contributed by atoms with Gasteiger partial charge in [-0.3, -0.25) is 4.79 Å². The fraction of sp³-hybridized carbons (Fsp3) is 0.190. The van der Waals surface area contributed by atoms with Crippen molar-refractivity contribution in [1.29, 1.82) is 5.26 Å². The van der Waals surface area contributed by atoms with Crippen molar-refractivity contribution in [2.24, 2.45) is 0 Å². The highest BCUT2D eigenvalue weighted by molar-refractivity contribution is 8.00. The summed E-state index contributed by atoms with van der Waals surface area (Å²) in [4.78, 5) is 18.7. The number of nitrogens with zero attached hydrogens (tertiary/aromatic N) is 3. The molecule has 1 N–H and O–H groups in total. The van der Waals surface area contributed by atoms with Gasteiger partial charge in [-0.05, 0) is 54.6 Å². The van der Waals surface area contributed by atoms with E-state index < -0.39 is 21.4 Å². The van der Waals surface area contributed by atoms with E-state index in [2.05, 4.69) is 4.98 Å². The van der Waals surface area contributed by atoms with Gasteiger partial charge in [0.1, 0.15) is 5.69 Å². The molecule has 3 aromatic rings. The first-order valence-electron chi connectivity index (χ1n) is 9.47. The van der Waals surface area contributed by atoms with Gasteiger partial charge in [0.25, 0.3) is 5.91 Å². The lowest BCUT2D eigenvalue weighted by molar-refractivity contribution is -0.0328. The van der Waals surface area contributed by atoms with Crippen LogP contribution in [0.15, 0.2) is 53.4 Å². The maximum absolute atomic E-state index is 13.1. The summed E-state index contributed by atoms with van der Waals surface area (Å²) in [7, 11) is -3.82. The van der Waals surface area contributed by atoms with Gasteiger partial charge in [0.15, 0.2) is 5.13 Å². The molecule has 0 atom stereocenters. The number of rotatable bonds is 7. The maximum Gasteiger partial charge on any atom is 0.446 e. The van der Waals surface area contributed by atoms with Crippen LogP contribution in [0.4, 0.5) is 24.0 Å². The summed E-state index contributed by atoms with van der Waals surface area (Å²) < 4.78 is 64.0. The molecule has 0 aliphatic heterocycles. The van der Waals surface area contributed by atoms with Crippen LogP contribution in [0.25, 0.3) is 0 Å². The van der Waals surface area contributed by atoms with Crippen LogP contribution in [0.2, 0.25) is 0 Å². The van der Waals surface area contributed by atoms with Crippen LogP contribution < -0.4 is 9.62 Å². The van der Waals surface area contributed by atoms with E-state index in [-0.39, 0.29) is 34.0 Å². The largest absolute Gasteiger partial charge is 0.446 e. The first-order chi connectivity index (χ1) is 15.9. The predicted octanol–water partition coefficient (Wildman–Crippen LogP) is 4.96. The third-order valence-electron chi connectivity index (χ3n) is 4.34. The highest BCUT2D eigenvalue weighted by atomic mass is 32.2. The topological polar surface area (TPSA) is 103 Å². The first-order valence-corrected chi connectivity index (χ1v) is 13.0. The molecule has 0 saturated heterocycles. The number of amides is 1. The number of aromatic nitrogens is 1. The molecular formula is C21H17F3N4O3S3. The average Bonchev–Trinajstić information content (AvgIpc) is 3.12. The van der Waals surface area contributed by atoms with Crippen molar-refractivity contribution >= 4 is 49.8 Å². The molecule has 0 aliphatic rings. The summed E-state index contributed by atoms with van der Waals surface area (Å²) in [6, 6.07) is 14.4. The minimum Gasteiger partial charge on any atom is -0.313 e. The molecule has 0 spiro atoms. The number of thiazole rings is 1. The number of sulfonamides is 1. The smallest absolute Gasteiger partial charge is 0.313 e. The van der Waals surface area contributed by atoms with E-state index in [1.165, 1.54) is 12.1 Å². The van der Waals surface area contributed by atoms with Crippen LogP contribution in [0, 0.1) is 18.3 Å². The lowest BCUT2D eigenvalue weighted by Crippen LogP contribution is -2.30. The van der Waals surface area contributed by atoms with E-state index in [1.807, 2.05) is 10.8 Å². The summed E-state index contributed by atoms with van der Waals surface area (Å²) >= 11 is 0.853. The summed E-state index contributed by atoms with van der Waals surface area (Å²) in [6.07, 6.45) is 0.839. The van der Waals surface area contributed by atoms with Crippen molar-refractivity contribution in [3.8, 4) is 6.07 Å². The van der Waals surface area contributed by atoms with Gasteiger partial charge >= 0.3 is 5.51 Å². The van der Waals surface area contributed by atoms with Crippen molar-refractivity contribution in [2.45, 2.75) is 23.9 Å². The highest BCUT2D eigenvalue weighted by Crippen LogP contribution is 2.40. The standard InChI is InChI=1S/C21H17F3N4O3S3/c1-13-18(19(29)27-34(2,30)31)26-20(32-13)28(16-9-7-14(11-25)8-10-16)12-15-5-3-4-6-17(15)33-21(22,23)24/h3-10H,12H2,1-2H3,(H,27,29).